The van der Waals surface area contributed by atoms with Gasteiger partial charge in [0.25, 0.3) is 0 Å². The Balaban J connectivity index is 1.46. The number of amides is 1. The van der Waals surface area contributed by atoms with Gasteiger partial charge in [0.05, 0.1) is 19.0 Å². The van der Waals surface area contributed by atoms with Crippen LogP contribution in [0, 0.1) is 6.92 Å². The van der Waals surface area contributed by atoms with Crippen LogP contribution in [0.1, 0.15) is 5.69 Å². The zero-order chi connectivity index (χ0) is 20.2. The van der Waals surface area contributed by atoms with E-state index in [4.69, 9.17) is 4.74 Å². The number of carbonyl (C=O) groups is 1. The maximum absolute atomic E-state index is 12.6. The number of pyridine rings is 1. The van der Waals surface area contributed by atoms with E-state index < -0.39 is 0 Å². The first kappa shape index (κ1) is 18.4. The summed E-state index contributed by atoms with van der Waals surface area (Å²) in [6.45, 7) is 1.95. The Hall–Kier alpha value is -3.94. The predicted octanol–water partition coefficient (Wildman–Crippen LogP) is 3.09. The molecule has 0 unspecified atom stereocenters. The monoisotopic (exact) mass is 388 g/mol. The Kier molecular flexibility index (Phi) is 5.07. The molecule has 0 atom stereocenters. The van der Waals surface area contributed by atoms with Crippen LogP contribution in [0.3, 0.4) is 0 Å². The number of nitrogens with zero attached hydrogens (tertiary/aromatic N) is 5. The van der Waals surface area contributed by atoms with Crippen LogP contribution >= 0.6 is 0 Å². The van der Waals surface area contributed by atoms with Crippen molar-refractivity contribution in [3.63, 3.8) is 0 Å². The van der Waals surface area contributed by atoms with Crippen molar-refractivity contribution in [2.45, 2.75) is 13.5 Å². The van der Waals surface area contributed by atoms with Crippen molar-refractivity contribution in [1.29, 1.82) is 0 Å². The molecule has 3 heterocycles. The summed E-state index contributed by atoms with van der Waals surface area (Å²) in [7, 11) is 1.63. The molecule has 3 aromatic heterocycles. The Morgan fingerprint density at radius 1 is 1.14 bits per heavy atom. The maximum atomic E-state index is 12.6. The lowest BCUT2D eigenvalue weighted by atomic mass is 10.1. The van der Waals surface area contributed by atoms with E-state index >= 15 is 0 Å². The molecule has 4 rings (SSSR count). The molecule has 29 heavy (non-hydrogen) atoms. The summed E-state index contributed by atoms with van der Waals surface area (Å²) in [6, 6.07) is 15.0. The van der Waals surface area contributed by atoms with Crippen molar-refractivity contribution in [2.24, 2.45) is 0 Å². The van der Waals surface area contributed by atoms with E-state index in [1.807, 2.05) is 55.6 Å². The first-order valence-corrected chi connectivity index (χ1v) is 9.07. The van der Waals surface area contributed by atoms with Gasteiger partial charge in [0.1, 0.15) is 18.1 Å². The fraction of sp³-hybridized carbons (Fsp3) is 0.143. The number of aryl methyl sites for hydroxylation is 1. The second kappa shape index (κ2) is 7.97. The molecule has 0 radical (unpaired) electrons. The highest BCUT2D eigenvalue weighted by atomic mass is 16.5. The number of aromatic nitrogens is 5. The largest absolute Gasteiger partial charge is 0.497 e. The number of rotatable bonds is 6. The lowest BCUT2D eigenvalue weighted by Crippen LogP contribution is -2.21. The number of hydrogen-bond acceptors (Lipinski definition) is 5. The SMILES string of the molecule is COc1ccc(-c2cnn(CC(=O)Nc3cc(C)nn3-c3ccccn3)c2)cc1. The average Bonchev–Trinajstić information content (AvgIpc) is 3.35. The van der Waals surface area contributed by atoms with Crippen LogP contribution in [0.25, 0.3) is 16.9 Å². The molecule has 0 fully saturated rings. The van der Waals surface area contributed by atoms with Gasteiger partial charge in [0, 0.05) is 24.0 Å². The van der Waals surface area contributed by atoms with Gasteiger partial charge in [-0.05, 0) is 36.8 Å². The summed E-state index contributed by atoms with van der Waals surface area (Å²) in [5, 5.41) is 11.6. The minimum atomic E-state index is -0.202. The number of methoxy groups -OCH3 is 1. The molecule has 4 aromatic rings. The highest BCUT2D eigenvalue weighted by Gasteiger charge is 2.13. The van der Waals surface area contributed by atoms with Crippen molar-refractivity contribution < 1.29 is 9.53 Å². The van der Waals surface area contributed by atoms with Gasteiger partial charge in [0.15, 0.2) is 5.82 Å². The second-order valence-electron chi connectivity index (χ2n) is 6.47. The summed E-state index contributed by atoms with van der Waals surface area (Å²) < 4.78 is 8.39. The third-order valence-corrected chi connectivity index (χ3v) is 4.33. The van der Waals surface area contributed by atoms with Crippen LogP contribution in [0.2, 0.25) is 0 Å². The van der Waals surface area contributed by atoms with Crippen LogP contribution in [0.5, 0.6) is 5.75 Å². The number of nitrogens with one attached hydrogen (secondary N) is 1. The molecule has 0 aliphatic heterocycles. The van der Waals surface area contributed by atoms with E-state index in [1.165, 1.54) is 0 Å². The average molecular weight is 388 g/mol. The molecular weight excluding hydrogens is 368 g/mol. The van der Waals surface area contributed by atoms with E-state index in [9.17, 15) is 4.79 Å². The number of benzene rings is 1. The number of hydrogen-bond donors (Lipinski definition) is 1. The molecule has 0 bridgehead atoms. The topological polar surface area (TPSA) is 86.9 Å². The van der Waals surface area contributed by atoms with Gasteiger partial charge >= 0.3 is 0 Å². The normalized spacial score (nSPS) is 10.7. The van der Waals surface area contributed by atoms with Crippen molar-refractivity contribution >= 4 is 11.7 Å². The summed E-state index contributed by atoms with van der Waals surface area (Å²) >= 11 is 0. The molecule has 1 amide bonds. The zero-order valence-corrected chi connectivity index (χ0v) is 16.1. The number of carbonyl (C=O) groups excluding carboxylic acids is 1. The Bertz CT molecular complexity index is 1120. The molecule has 0 spiro atoms. The smallest absolute Gasteiger partial charge is 0.247 e. The quantitative estimate of drug-likeness (QED) is 0.548. The molecule has 8 nitrogen and oxygen atoms in total. The lowest BCUT2D eigenvalue weighted by Gasteiger charge is -2.08. The van der Waals surface area contributed by atoms with Gasteiger partial charge in [-0.25, -0.2) is 4.98 Å². The highest BCUT2D eigenvalue weighted by molar-refractivity contribution is 5.90. The second-order valence-corrected chi connectivity index (χ2v) is 6.47. The third-order valence-electron chi connectivity index (χ3n) is 4.33. The Morgan fingerprint density at radius 2 is 1.97 bits per heavy atom. The Morgan fingerprint density at radius 3 is 2.69 bits per heavy atom. The molecule has 1 aromatic carbocycles. The van der Waals surface area contributed by atoms with Crippen LogP contribution in [-0.2, 0) is 11.3 Å². The van der Waals surface area contributed by atoms with Crippen molar-refractivity contribution in [2.75, 3.05) is 12.4 Å². The van der Waals surface area contributed by atoms with Crippen LogP contribution in [0.4, 0.5) is 5.82 Å². The van der Waals surface area contributed by atoms with Gasteiger partial charge in [-0.15, -0.1) is 0 Å². The van der Waals surface area contributed by atoms with E-state index in [-0.39, 0.29) is 12.5 Å². The summed E-state index contributed by atoms with van der Waals surface area (Å²) in [6.07, 6.45) is 5.25. The molecule has 146 valence electrons. The van der Waals surface area contributed by atoms with Crippen LogP contribution in [-0.4, -0.2) is 37.6 Å². The molecule has 1 N–H and O–H groups in total. The molecule has 0 saturated heterocycles. The molecule has 0 saturated carbocycles. The van der Waals surface area contributed by atoms with Gasteiger partial charge in [-0.1, -0.05) is 18.2 Å². The first-order chi connectivity index (χ1) is 14.1. The van der Waals surface area contributed by atoms with E-state index in [0.29, 0.717) is 11.6 Å². The minimum absolute atomic E-state index is 0.0859. The molecular formula is C21H20N6O2. The maximum Gasteiger partial charge on any atom is 0.247 e. The number of ether oxygens (including phenoxy) is 1. The molecule has 8 heteroatoms. The first-order valence-electron chi connectivity index (χ1n) is 9.07. The summed E-state index contributed by atoms with van der Waals surface area (Å²) in [5.41, 5.74) is 2.71. The third kappa shape index (κ3) is 4.16. The van der Waals surface area contributed by atoms with Crippen LogP contribution in [0.15, 0.2) is 67.1 Å². The van der Waals surface area contributed by atoms with Gasteiger partial charge in [-0.3, -0.25) is 9.48 Å². The van der Waals surface area contributed by atoms with E-state index in [1.54, 1.807) is 34.9 Å². The fourth-order valence-electron chi connectivity index (χ4n) is 2.95. The van der Waals surface area contributed by atoms with E-state index in [0.717, 1.165) is 22.6 Å². The summed E-state index contributed by atoms with van der Waals surface area (Å²) in [4.78, 5) is 16.8. The van der Waals surface area contributed by atoms with E-state index in [2.05, 4.69) is 20.5 Å². The summed E-state index contributed by atoms with van der Waals surface area (Å²) in [5.74, 6) is 1.79. The van der Waals surface area contributed by atoms with Crippen molar-refractivity contribution in [3.05, 3.63) is 72.8 Å². The predicted molar refractivity (Wildman–Crippen MR) is 109 cm³/mol. The molecule has 0 aliphatic carbocycles. The highest BCUT2D eigenvalue weighted by Crippen LogP contribution is 2.22. The van der Waals surface area contributed by atoms with Gasteiger partial charge in [0.2, 0.25) is 5.91 Å². The van der Waals surface area contributed by atoms with Crippen LogP contribution < -0.4 is 10.1 Å². The Labute approximate surface area is 167 Å². The van der Waals surface area contributed by atoms with Gasteiger partial charge in [-0.2, -0.15) is 14.9 Å². The fourth-order valence-corrected chi connectivity index (χ4v) is 2.95. The lowest BCUT2D eigenvalue weighted by molar-refractivity contribution is -0.116. The number of anilines is 1. The van der Waals surface area contributed by atoms with Crippen molar-refractivity contribution in [1.82, 2.24) is 24.5 Å². The standard InChI is InChI=1S/C21H20N6O2/c1-15-11-20(27(25-15)19-5-3-4-10-22-19)24-21(28)14-26-13-17(12-23-26)16-6-8-18(29-2)9-7-16/h3-13H,14H2,1-2H3,(H,24,28). The zero-order valence-electron chi connectivity index (χ0n) is 16.1. The molecule has 0 aliphatic rings. The van der Waals surface area contributed by atoms with Crippen molar-refractivity contribution in [3.8, 4) is 22.7 Å². The minimum Gasteiger partial charge on any atom is -0.497 e. The van der Waals surface area contributed by atoms with Gasteiger partial charge < -0.3 is 10.1 Å².